The fourth-order valence-corrected chi connectivity index (χ4v) is 2.78. The van der Waals surface area contributed by atoms with Gasteiger partial charge in [-0.2, -0.15) is 8.42 Å². The molecule has 2 amide bonds. The highest BCUT2D eigenvalue weighted by Crippen LogP contribution is 2.20. The van der Waals surface area contributed by atoms with Crippen LogP contribution in [0, 0.1) is 0 Å². The van der Waals surface area contributed by atoms with Gasteiger partial charge in [-0.05, 0) is 12.5 Å². The van der Waals surface area contributed by atoms with E-state index in [1.165, 1.54) is 6.92 Å². The Morgan fingerprint density at radius 3 is 2.50 bits per heavy atom. The zero-order valence-corrected chi connectivity index (χ0v) is 14.4. The Morgan fingerprint density at radius 1 is 1.38 bits per heavy atom. The fourth-order valence-electron chi connectivity index (χ4n) is 2.10. The second kappa shape index (κ2) is 7.68. The van der Waals surface area contributed by atoms with Crippen LogP contribution in [-0.2, 0) is 31.2 Å². The largest absolute Gasteiger partial charge is 0.480 e. The summed E-state index contributed by atoms with van der Waals surface area (Å²) in [6, 6.07) is 6.02. The molecule has 0 aromatic heterocycles. The molecule has 1 aromatic carbocycles. The Balaban J connectivity index is 2.10. The minimum Gasteiger partial charge on any atom is -0.480 e. The summed E-state index contributed by atoms with van der Waals surface area (Å²) in [5, 5.41) is 9.58. The first-order chi connectivity index (χ1) is 12.1. The van der Waals surface area contributed by atoms with Crippen LogP contribution in [0.5, 0.6) is 0 Å². The summed E-state index contributed by atoms with van der Waals surface area (Å²) >= 11 is 0. The van der Waals surface area contributed by atoms with Crippen LogP contribution in [0.4, 0.5) is 4.79 Å². The number of nitrogens with one attached hydrogen (secondary N) is 1. The van der Waals surface area contributed by atoms with Crippen LogP contribution in [0.3, 0.4) is 0 Å². The first kappa shape index (κ1) is 19.6. The fraction of sp³-hybridized carbons (Fsp3) is 0.357. The second-order valence-electron chi connectivity index (χ2n) is 5.46. The summed E-state index contributed by atoms with van der Waals surface area (Å²) in [5.74, 6) is -2.39. The molecule has 1 heterocycles. The smallest absolute Gasteiger partial charge is 0.425 e. The summed E-state index contributed by atoms with van der Waals surface area (Å²) in [6.45, 7) is 0.559. The molecule has 3 N–H and O–H groups in total. The summed E-state index contributed by atoms with van der Waals surface area (Å²) in [4.78, 5) is 35.2. The number of rotatable bonds is 7. The first-order valence-corrected chi connectivity index (χ1v) is 8.79. The topological polar surface area (TPSA) is 154 Å². The first-order valence-electron chi connectivity index (χ1n) is 7.39. The third-order valence-electron chi connectivity index (χ3n) is 3.56. The lowest BCUT2D eigenvalue weighted by Crippen LogP contribution is -2.70. The van der Waals surface area contributed by atoms with Gasteiger partial charge in [0.25, 0.3) is 5.91 Å². The van der Waals surface area contributed by atoms with E-state index in [0.29, 0.717) is 10.6 Å². The zero-order valence-electron chi connectivity index (χ0n) is 13.6. The number of aliphatic carboxylic acids is 1. The maximum atomic E-state index is 12.3. The number of carboxylic acid groups (broad SMARTS) is 1. The molecule has 0 aliphatic carbocycles. The molecule has 2 atom stereocenters. The Kier molecular flexibility index (Phi) is 5.79. The number of nitrogens with zero attached hydrogens (tertiary/aromatic N) is 2. The van der Waals surface area contributed by atoms with E-state index in [4.69, 9.17) is 14.4 Å². The van der Waals surface area contributed by atoms with Crippen LogP contribution >= 0.6 is 0 Å². The van der Waals surface area contributed by atoms with Crippen LogP contribution in [0.2, 0.25) is 0 Å². The summed E-state index contributed by atoms with van der Waals surface area (Å²) in [7, 11) is -4.75. The molecule has 1 aliphatic heterocycles. The SMILES string of the molecule is C[C@@H](NN(C(=O)OCc1ccccc1)C1CN(S(=O)(=O)O)C1=O)C(=O)O. The number of carbonyl (C=O) groups excluding carboxylic acids is 2. The van der Waals surface area contributed by atoms with Crippen molar-refractivity contribution >= 4 is 28.3 Å². The number of carboxylic acids is 1. The Hall–Kier alpha value is -2.70. The van der Waals surface area contributed by atoms with Gasteiger partial charge in [0.05, 0.1) is 6.54 Å². The molecule has 11 nitrogen and oxygen atoms in total. The van der Waals surface area contributed by atoms with Gasteiger partial charge in [0.1, 0.15) is 12.6 Å². The predicted molar refractivity (Wildman–Crippen MR) is 85.7 cm³/mol. The van der Waals surface area contributed by atoms with E-state index in [9.17, 15) is 22.8 Å². The molecule has 2 rings (SSSR count). The van der Waals surface area contributed by atoms with E-state index in [-0.39, 0.29) is 10.9 Å². The number of hydrazine groups is 1. The Labute approximate surface area is 149 Å². The van der Waals surface area contributed by atoms with Crippen molar-refractivity contribution in [3.05, 3.63) is 35.9 Å². The quantitative estimate of drug-likeness (QED) is 0.322. The average Bonchev–Trinajstić information content (AvgIpc) is 2.57. The minimum atomic E-state index is -4.75. The van der Waals surface area contributed by atoms with E-state index >= 15 is 0 Å². The summed E-state index contributed by atoms with van der Waals surface area (Å²) in [6.07, 6.45) is -1.06. The molecular weight excluding hydrogens is 370 g/mol. The van der Waals surface area contributed by atoms with Gasteiger partial charge < -0.3 is 9.84 Å². The van der Waals surface area contributed by atoms with Gasteiger partial charge in [-0.25, -0.2) is 19.5 Å². The van der Waals surface area contributed by atoms with Gasteiger partial charge in [-0.1, -0.05) is 30.3 Å². The average molecular weight is 387 g/mol. The summed E-state index contributed by atoms with van der Waals surface area (Å²) in [5.41, 5.74) is 2.95. The molecular formula is C14H17N3O8S. The third-order valence-corrected chi connectivity index (χ3v) is 4.45. The van der Waals surface area contributed by atoms with Gasteiger partial charge >= 0.3 is 22.4 Å². The van der Waals surface area contributed by atoms with E-state index in [0.717, 1.165) is 0 Å². The van der Waals surface area contributed by atoms with Gasteiger partial charge in [0, 0.05) is 0 Å². The molecule has 1 unspecified atom stereocenters. The maximum absolute atomic E-state index is 12.3. The zero-order chi connectivity index (χ0) is 19.5. The van der Waals surface area contributed by atoms with Crippen LogP contribution in [0.25, 0.3) is 0 Å². The lowest BCUT2D eigenvalue weighted by atomic mass is 10.1. The van der Waals surface area contributed by atoms with E-state index in [1.807, 2.05) is 0 Å². The van der Waals surface area contributed by atoms with Gasteiger partial charge in [-0.3, -0.25) is 14.1 Å². The number of benzene rings is 1. The molecule has 26 heavy (non-hydrogen) atoms. The van der Waals surface area contributed by atoms with Gasteiger partial charge in [-0.15, -0.1) is 0 Å². The standard InChI is InChI=1S/C14H17N3O8S/c1-9(13(19)20)15-17(11-7-16(12(11)18)26(22,23)24)14(21)25-8-10-5-3-2-4-6-10/h2-6,9,11,15H,7-8H2,1H3,(H,19,20)(H,22,23,24)/t9-,11?/m1/s1. The molecule has 0 spiro atoms. The number of carbonyl (C=O) groups is 3. The molecule has 0 bridgehead atoms. The molecule has 1 aliphatic rings. The van der Waals surface area contributed by atoms with Crippen molar-refractivity contribution in [2.75, 3.05) is 6.54 Å². The van der Waals surface area contributed by atoms with Crippen molar-refractivity contribution < 1.29 is 37.2 Å². The molecule has 12 heteroatoms. The normalized spacial score (nSPS) is 18.0. The number of amides is 2. The summed E-state index contributed by atoms with van der Waals surface area (Å²) < 4.78 is 36.1. The van der Waals surface area contributed by atoms with E-state index in [2.05, 4.69) is 5.43 Å². The Bertz CT molecular complexity index is 798. The van der Waals surface area contributed by atoms with Crippen LogP contribution < -0.4 is 5.43 Å². The van der Waals surface area contributed by atoms with Gasteiger partial charge in [0.2, 0.25) is 0 Å². The lowest BCUT2D eigenvalue weighted by molar-refractivity contribution is -0.148. The van der Waals surface area contributed by atoms with Crippen molar-refractivity contribution in [1.82, 2.24) is 14.7 Å². The Morgan fingerprint density at radius 2 is 2.00 bits per heavy atom. The van der Waals surface area contributed by atoms with Crippen LogP contribution in [0.15, 0.2) is 30.3 Å². The monoisotopic (exact) mass is 387 g/mol. The molecule has 1 aromatic rings. The molecule has 0 saturated carbocycles. The maximum Gasteiger partial charge on any atom is 0.425 e. The highest BCUT2D eigenvalue weighted by Gasteiger charge is 2.49. The van der Waals surface area contributed by atoms with E-state index < -0.39 is 46.9 Å². The number of hydrogen-bond donors (Lipinski definition) is 3. The second-order valence-corrected chi connectivity index (χ2v) is 6.80. The van der Waals surface area contributed by atoms with Crippen molar-refractivity contribution in [3.8, 4) is 0 Å². The number of hydrogen-bond acceptors (Lipinski definition) is 7. The molecule has 0 radical (unpaired) electrons. The van der Waals surface area contributed by atoms with Crippen LogP contribution in [-0.4, -0.2) is 64.0 Å². The number of ether oxygens (including phenoxy) is 1. The minimum absolute atomic E-state index is 0.137. The third kappa shape index (κ3) is 4.47. The predicted octanol–water partition coefficient (Wildman–Crippen LogP) is -0.383. The van der Waals surface area contributed by atoms with E-state index in [1.54, 1.807) is 30.3 Å². The number of β-lactam (4-membered cyclic amide) rings is 1. The highest BCUT2D eigenvalue weighted by atomic mass is 32.2. The van der Waals surface area contributed by atoms with Crippen molar-refractivity contribution in [3.63, 3.8) is 0 Å². The molecule has 142 valence electrons. The highest BCUT2D eigenvalue weighted by molar-refractivity contribution is 7.84. The molecule has 1 fully saturated rings. The molecule has 1 saturated heterocycles. The van der Waals surface area contributed by atoms with Crippen molar-refractivity contribution in [2.24, 2.45) is 0 Å². The van der Waals surface area contributed by atoms with Crippen molar-refractivity contribution in [1.29, 1.82) is 0 Å². The van der Waals surface area contributed by atoms with Crippen molar-refractivity contribution in [2.45, 2.75) is 25.6 Å². The van der Waals surface area contributed by atoms with Gasteiger partial charge in [0.15, 0.2) is 6.04 Å². The van der Waals surface area contributed by atoms with Crippen LogP contribution in [0.1, 0.15) is 12.5 Å². The lowest BCUT2D eigenvalue weighted by Gasteiger charge is -2.41.